The Morgan fingerprint density at radius 2 is 2.24 bits per heavy atom. The fourth-order valence-electron chi connectivity index (χ4n) is 1.52. The number of hydrogen-bond acceptors (Lipinski definition) is 7. The van der Waals surface area contributed by atoms with E-state index in [1.807, 2.05) is 12.1 Å². The topological polar surface area (TPSA) is 76.5 Å². The highest BCUT2D eigenvalue weighted by atomic mass is 35.5. The highest BCUT2D eigenvalue weighted by Crippen LogP contribution is 2.26. The van der Waals surface area contributed by atoms with Gasteiger partial charge in [0, 0.05) is 0 Å². The number of carbonyl (C=O) groups excluding carboxylic acids is 1. The van der Waals surface area contributed by atoms with Gasteiger partial charge in [-0.2, -0.15) is 4.99 Å². The lowest BCUT2D eigenvalue weighted by molar-refractivity contribution is -0.116. The number of nitrogens with zero attached hydrogens (tertiary/aromatic N) is 3. The van der Waals surface area contributed by atoms with Crippen LogP contribution in [0, 0.1) is 0 Å². The number of aliphatic imine (C=N–C) groups is 1. The third kappa shape index (κ3) is 3.72. The van der Waals surface area contributed by atoms with Gasteiger partial charge in [0.05, 0.1) is 10.8 Å². The number of rotatable bonds is 4. The van der Waals surface area contributed by atoms with Gasteiger partial charge in [-0.1, -0.05) is 46.8 Å². The van der Waals surface area contributed by atoms with Crippen molar-refractivity contribution in [3.05, 3.63) is 34.3 Å². The maximum absolute atomic E-state index is 11.1. The van der Waals surface area contributed by atoms with Gasteiger partial charge in [0.1, 0.15) is 12.4 Å². The van der Waals surface area contributed by atoms with Crippen molar-refractivity contribution in [1.29, 1.82) is 0 Å². The lowest BCUT2D eigenvalue weighted by atomic mass is 10.3. The zero-order chi connectivity index (χ0) is 14.7. The first-order valence-electron chi connectivity index (χ1n) is 5.92. The van der Waals surface area contributed by atoms with Gasteiger partial charge in [0.15, 0.2) is 10.2 Å². The highest BCUT2D eigenvalue weighted by molar-refractivity contribution is 8.15. The van der Waals surface area contributed by atoms with Crippen molar-refractivity contribution in [3.63, 3.8) is 0 Å². The van der Waals surface area contributed by atoms with Crippen LogP contribution in [0.3, 0.4) is 0 Å². The van der Waals surface area contributed by atoms with Crippen LogP contribution in [0.2, 0.25) is 5.02 Å². The minimum Gasteiger partial charge on any atom is -0.485 e. The van der Waals surface area contributed by atoms with E-state index < -0.39 is 0 Å². The van der Waals surface area contributed by atoms with E-state index in [9.17, 15) is 4.79 Å². The quantitative estimate of drug-likeness (QED) is 0.925. The molecule has 21 heavy (non-hydrogen) atoms. The molecule has 108 valence electrons. The van der Waals surface area contributed by atoms with Crippen LogP contribution >= 0.6 is 34.7 Å². The monoisotopic (exact) mass is 340 g/mol. The summed E-state index contributed by atoms with van der Waals surface area (Å²) in [6.45, 7) is 0.270. The number of nitrogens with one attached hydrogen (secondary N) is 1. The molecule has 1 N–H and O–H groups in total. The minimum absolute atomic E-state index is 0.0504. The summed E-state index contributed by atoms with van der Waals surface area (Å²) >= 11 is 8.65. The number of ether oxygens (including phenoxy) is 1. The largest absolute Gasteiger partial charge is 0.485 e. The lowest BCUT2D eigenvalue weighted by Gasteiger charge is -2.04. The summed E-state index contributed by atoms with van der Waals surface area (Å²) in [5.41, 5.74) is 0. The summed E-state index contributed by atoms with van der Waals surface area (Å²) in [6.07, 6.45) is 0. The Balaban J connectivity index is 1.63. The molecule has 2 aromatic rings. The van der Waals surface area contributed by atoms with Gasteiger partial charge in [-0.05, 0) is 12.1 Å². The molecule has 0 unspecified atom stereocenters. The molecular formula is C12H9ClN4O2S2. The summed E-state index contributed by atoms with van der Waals surface area (Å²) < 4.78 is 5.58. The van der Waals surface area contributed by atoms with Crippen molar-refractivity contribution in [2.24, 2.45) is 4.99 Å². The van der Waals surface area contributed by atoms with E-state index >= 15 is 0 Å². The van der Waals surface area contributed by atoms with Gasteiger partial charge in [0.2, 0.25) is 11.0 Å². The van der Waals surface area contributed by atoms with Crippen LogP contribution in [0.1, 0.15) is 5.01 Å². The van der Waals surface area contributed by atoms with Crippen LogP contribution in [-0.2, 0) is 11.4 Å². The average Bonchev–Trinajstić information content (AvgIpc) is 3.08. The molecule has 0 atom stereocenters. The number of aromatic nitrogens is 2. The lowest BCUT2D eigenvalue weighted by Crippen LogP contribution is -2.19. The summed E-state index contributed by atoms with van der Waals surface area (Å²) in [7, 11) is 0. The summed E-state index contributed by atoms with van der Waals surface area (Å²) in [6, 6.07) is 7.23. The maximum atomic E-state index is 11.1. The van der Waals surface area contributed by atoms with Crippen molar-refractivity contribution in [2.75, 3.05) is 5.75 Å². The molecule has 0 bridgehead atoms. The zero-order valence-corrected chi connectivity index (χ0v) is 13.0. The second-order valence-corrected chi connectivity index (χ2v) is 6.36. The summed E-state index contributed by atoms with van der Waals surface area (Å²) in [5.74, 6) is 0.937. The van der Waals surface area contributed by atoms with Gasteiger partial charge in [0.25, 0.3) is 0 Å². The minimum atomic E-state index is -0.0504. The summed E-state index contributed by atoms with van der Waals surface area (Å²) in [5, 5.41) is 12.8. The van der Waals surface area contributed by atoms with Crippen molar-refractivity contribution < 1.29 is 9.53 Å². The SMILES string of the molecule is O=C1CS/C(=N/c2nnc(COc3ccccc3Cl)s2)N1. The van der Waals surface area contributed by atoms with Gasteiger partial charge in [-0.25, -0.2) is 0 Å². The van der Waals surface area contributed by atoms with Crippen molar-refractivity contribution in [1.82, 2.24) is 15.5 Å². The molecule has 2 heterocycles. The van der Waals surface area contributed by atoms with E-state index in [1.165, 1.54) is 23.1 Å². The Labute approximate surface area is 133 Å². The first kappa shape index (κ1) is 14.3. The van der Waals surface area contributed by atoms with Crippen molar-refractivity contribution in [2.45, 2.75) is 6.61 Å². The fraction of sp³-hybridized carbons (Fsp3) is 0.167. The predicted molar refractivity (Wildman–Crippen MR) is 83.4 cm³/mol. The smallest absolute Gasteiger partial charge is 0.236 e. The molecule has 1 fully saturated rings. The predicted octanol–water partition coefficient (Wildman–Crippen LogP) is 2.62. The second kappa shape index (κ2) is 6.42. The van der Waals surface area contributed by atoms with Crippen molar-refractivity contribution in [3.8, 4) is 5.75 Å². The van der Waals surface area contributed by atoms with Crippen LogP contribution in [0.5, 0.6) is 5.75 Å². The van der Waals surface area contributed by atoms with Crippen LogP contribution in [0.4, 0.5) is 5.13 Å². The fourth-order valence-corrected chi connectivity index (χ4v) is 3.08. The first-order chi connectivity index (χ1) is 10.2. The van der Waals surface area contributed by atoms with Gasteiger partial charge in [-0.3, -0.25) is 4.79 Å². The number of para-hydroxylation sites is 1. The maximum Gasteiger partial charge on any atom is 0.236 e. The molecule has 1 saturated heterocycles. The zero-order valence-electron chi connectivity index (χ0n) is 10.6. The average molecular weight is 341 g/mol. The molecule has 0 aliphatic carbocycles. The third-order valence-corrected chi connectivity index (χ3v) is 4.40. The Morgan fingerprint density at radius 1 is 1.38 bits per heavy atom. The number of carbonyl (C=O) groups is 1. The molecule has 0 saturated carbocycles. The number of thioether (sulfide) groups is 1. The van der Waals surface area contributed by atoms with E-state index in [1.54, 1.807) is 12.1 Å². The Morgan fingerprint density at radius 3 is 3.00 bits per heavy atom. The van der Waals surface area contributed by atoms with Gasteiger partial charge < -0.3 is 10.1 Å². The number of hydrogen-bond donors (Lipinski definition) is 1. The number of amides is 1. The van der Waals surface area contributed by atoms with Crippen molar-refractivity contribution >= 4 is 50.9 Å². The molecule has 6 nitrogen and oxygen atoms in total. The molecule has 0 spiro atoms. The Kier molecular flexibility index (Phi) is 4.37. The molecule has 1 aromatic heterocycles. The highest BCUT2D eigenvalue weighted by Gasteiger charge is 2.17. The molecule has 1 aliphatic heterocycles. The Hall–Kier alpha value is -1.64. The Bertz CT molecular complexity index is 704. The second-order valence-electron chi connectivity index (χ2n) is 3.95. The van der Waals surface area contributed by atoms with Crippen LogP contribution < -0.4 is 10.1 Å². The molecule has 1 aromatic carbocycles. The van der Waals surface area contributed by atoms with Gasteiger partial charge in [-0.15, -0.1) is 10.2 Å². The number of halogens is 1. The van der Waals surface area contributed by atoms with Gasteiger partial charge >= 0.3 is 0 Å². The molecule has 1 aliphatic rings. The molecule has 1 amide bonds. The number of benzene rings is 1. The molecular weight excluding hydrogens is 332 g/mol. The van der Waals surface area contributed by atoms with E-state index in [4.69, 9.17) is 16.3 Å². The van der Waals surface area contributed by atoms with E-state index in [0.717, 1.165) is 0 Å². The molecule has 9 heteroatoms. The number of amidine groups is 1. The molecule has 3 rings (SSSR count). The van der Waals surface area contributed by atoms with Crippen LogP contribution in [-0.4, -0.2) is 27.0 Å². The first-order valence-corrected chi connectivity index (χ1v) is 8.10. The van der Waals surface area contributed by atoms with E-state index in [0.29, 0.717) is 31.8 Å². The van der Waals surface area contributed by atoms with Crippen LogP contribution in [0.15, 0.2) is 29.3 Å². The third-order valence-electron chi connectivity index (χ3n) is 2.43. The summed E-state index contributed by atoms with van der Waals surface area (Å²) in [4.78, 5) is 15.3. The van der Waals surface area contributed by atoms with E-state index in [2.05, 4.69) is 20.5 Å². The normalized spacial score (nSPS) is 16.2. The van der Waals surface area contributed by atoms with E-state index in [-0.39, 0.29) is 12.5 Å². The molecule has 0 radical (unpaired) electrons. The van der Waals surface area contributed by atoms with Crippen LogP contribution in [0.25, 0.3) is 0 Å². The standard InChI is InChI=1S/C12H9ClN4O2S2/c13-7-3-1-2-4-8(7)19-5-10-16-17-12(21-10)15-11-14-9(18)6-20-11/h1-4H,5-6H2,(H,14,15,17,18).